The van der Waals surface area contributed by atoms with Crippen molar-refractivity contribution in [2.45, 2.75) is 45.3 Å². The van der Waals surface area contributed by atoms with Crippen LogP contribution in [0.5, 0.6) is 0 Å². The highest BCUT2D eigenvalue weighted by Crippen LogP contribution is 2.25. The van der Waals surface area contributed by atoms with Crippen molar-refractivity contribution >= 4 is 0 Å². The van der Waals surface area contributed by atoms with E-state index in [1.54, 1.807) is 0 Å². The van der Waals surface area contributed by atoms with Gasteiger partial charge in [0.25, 0.3) is 0 Å². The standard InChI is InChI=1S/C14H20O2/c1-10(2)16-9-14(15)13-7-6-11-4-3-5-12(11)8-13/h6-8,10,14-15H,3-5,9H2,1-2H3. The Hall–Kier alpha value is -0.860. The van der Waals surface area contributed by atoms with Crippen molar-refractivity contribution in [3.05, 3.63) is 34.9 Å². The summed E-state index contributed by atoms with van der Waals surface area (Å²) < 4.78 is 5.43. The molecule has 0 spiro atoms. The van der Waals surface area contributed by atoms with Gasteiger partial charge in [-0.25, -0.2) is 0 Å². The second kappa shape index (κ2) is 4.98. The number of benzene rings is 1. The van der Waals surface area contributed by atoms with Crippen LogP contribution in [0.4, 0.5) is 0 Å². The summed E-state index contributed by atoms with van der Waals surface area (Å²) in [7, 11) is 0. The van der Waals surface area contributed by atoms with Gasteiger partial charge in [0.2, 0.25) is 0 Å². The summed E-state index contributed by atoms with van der Waals surface area (Å²) in [6.45, 7) is 4.35. The summed E-state index contributed by atoms with van der Waals surface area (Å²) >= 11 is 0. The number of hydrogen-bond donors (Lipinski definition) is 1. The second-order valence-electron chi connectivity index (χ2n) is 4.78. The Labute approximate surface area is 97.3 Å². The van der Waals surface area contributed by atoms with Crippen molar-refractivity contribution in [2.75, 3.05) is 6.61 Å². The number of aryl methyl sites for hydroxylation is 2. The van der Waals surface area contributed by atoms with E-state index in [4.69, 9.17) is 4.74 Å². The van der Waals surface area contributed by atoms with Crippen LogP contribution in [-0.4, -0.2) is 17.8 Å². The van der Waals surface area contributed by atoms with Gasteiger partial charge in [0.1, 0.15) is 6.10 Å². The van der Waals surface area contributed by atoms with E-state index >= 15 is 0 Å². The highest BCUT2D eigenvalue weighted by atomic mass is 16.5. The second-order valence-corrected chi connectivity index (χ2v) is 4.78. The average molecular weight is 220 g/mol. The number of hydrogen-bond acceptors (Lipinski definition) is 2. The summed E-state index contributed by atoms with van der Waals surface area (Å²) in [5.74, 6) is 0. The molecule has 0 aliphatic heterocycles. The molecule has 1 aliphatic rings. The highest BCUT2D eigenvalue weighted by Gasteiger charge is 2.14. The third-order valence-electron chi connectivity index (χ3n) is 3.09. The summed E-state index contributed by atoms with van der Waals surface area (Å²) in [5, 5.41) is 9.98. The van der Waals surface area contributed by atoms with Crippen molar-refractivity contribution in [3.63, 3.8) is 0 Å². The van der Waals surface area contributed by atoms with Crippen molar-refractivity contribution < 1.29 is 9.84 Å². The first-order valence-corrected chi connectivity index (χ1v) is 6.08. The van der Waals surface area contributed by atoms with Crippen LogP contribution in [-0.2, 0) is 17.6 Å². The largest absolute Gasteiger partial charge is 0.386 e. The SMILES string of the molecule is CC(C)OCC(O)c1ccc2c(c1)CCC2. The molecule has 0 fully saturated rings. The molecule has 0 heterocycles. The van der Waals surface area contributed by atoms with Gasteiger partial charge in [-0.05, 0) is 49.8 Å². The zero-order chi connectivity index (χ0) is 11.5. The minimum absolute atomic E-state index is 0.170. The lowest BCUT2D eigenvalue weighted by Gasteiger charge is -2.14. The van der Waals surface area contributed by atoms with E-state index < -0.39 is 6.10 Å². The first-order chi connectivity index (χ1) is 7.66. The zero-order valence-corrected chi connectivity index (χ0v) is 10.1. The first kappa shape index (κ1) is 11.6. The Morgan fingerprint density at radius 3 is 2.75 bits per heavy atom. The van der Waals surface area contributed by atoms with E-state index in [0.29, 0.717) is 6.61 Å². The van der Waals surface area contributed by atoms with E-state index in [9.17, 15) is 5.11 Å². The van der Waals surface area contributed by atoms with E-state index in [2.05, 4.69) is 12.1 Å². The lowest BCUT2D eigenvalue weighted by Crippen LogP contribution is -2.12. The summed E-state index contributed by atoms with van der Waals surface area (Å²) in [5.41, 5.74) is 3.84. The van der Waals surface area contributed by atoms with E-state index in [-0.39, 0.29) is 6.10 Å². The normalized spacial score (nSPS) is 16.5. The third-order valence-corrected chi connectivity index (χ3v) is 3.09. The van der Waals surface area contributed by atoms with E-state index in [1.807, 2.05) is 19.9 Å². The quantitative estimate of drug-likeness (QED) is 0.845. The van der Waals surface area contributed by atoms with Crippen molar-refractivity contribution in [3.8, 4) is 0 Å². The predicted molar refractivity (Wildman–Crippen MR) is 64.5 cm³/mol. The molecule has 88 valence electrons. The van der Waals surface area contributed by atoms with E-state index in [1.165, 1.54) is 24.0 Å². The van der Waals surface area contributed by atoms with E-state index in [0.717, 1.165) is 12.0 Å². The Morgan fingerprint density at radius 2 is 2.00 bits per heavy atom. The van der Waals surface area contributed by atoms with Crippen LogP contribution in [0.3, 0.4) is 0 Å². The van der Waals surface area contributed by atoms with Crippen LogP contribution < -0.4 is 0 Å². The monoisotopic (exact) mass is 220 g/mol. The Bertz CT molecular complexity index is 358. The molecule has 1 aliphatic carbocycles. The number of aliphatic hydroxyl groups excluding tert-OH is 1. The minimum atomic E-state index is -0.492. The van der Waals surface area contributed by atoms with Crippen LogP contribution in [0.2, 0.25) is 0 Å². The topological polar surface area (TPSA) is 29.5 Å². The zero-order valence-electron chi connectivity index (χ0n) is 10.1. The maximum atomic E-state index is 9.98. The van der Waals surface area contributed by atoms with Crippen molar-refractivity contribution in [1.29, 1.82) is 0 Å². The van der Waals surface area contributed by atoms with Crippen LogP contribution in [0.1, 0.15) is 43.1 Å². The molecule has 0 bridgehead atoms. The summed E-state index contributed by atoms with van der Waals surface area (Å²) in [6, 6.07) is 6.31. The Morgan fingerprint density at radius 1 is 1.25 bits per heavy atom. The number of aliphatic hydroxyl groups is 1. The van der Waals surface area contributed by atoms with Crippen molar-refractivity contribution in [1.82, 2.24) is 0 Å². The smallest absolute Gasteiger partial charge is 0.102 e. The minimum Gasteiger partial charge on any atom is -0.386 e. The molecule has 0 amide bonds. The molecule has 1 N–H and O–H groups in total. The fourth-order valence-electron chi connectivity index (χ4n) is 2.18. The van der Waals surface area contributed by atoms with Crippen LogP contribution in [0.15, 0.2) is 18.2 Å². The third kappa shape index (κ3) is 2.63. The highest BCUT2D eigenvalue weighted by molar-refractivity contribution is 5.36. The number of ether oxygens (including phenoxy) is 1. The fraction of sp³-hybridized carbons (Fsp3) is 0.571. The molecule has 16 heavy (non-hydrogen) atoms. The van der Waals surface area contributed by atoms with Crippen molar-refractivity contribution in [2.24, 2.45) is 0 Å². The number of rotatable bonds is 4. The van der Waals surface area contributed by atoms with Gasteiger partial charge in [-0.15, -0.1) is 0 Å². The molecule has 0 aromatic heterocycles. The molecule has 0 saturated carbocycles. The van der Waals surface area contributed by atoms with Gasteiger partial charge in [-0.1, -0.05) is 18.2 Å². The van der Waals surface area contributed by atoms with Crippen LogP contribution in [0, 0.1) is 0 Å². The molecule has 1 atom stereocenters. The maximum absolute atomic E-state index is 9.98. The van der Waals surface area contributed by atoms with Gasteiger partial charge < -0.3 is 9.84 Å². The molecule has 1 unspecified atom stereocenters. The summed E-state index contributed by atoms with van der Waals surface area (Å²) in [6.07, 6.45) is 3.27. The first-order valence-electron chi connectivity index (χ1n) is 6.08. The fourth-order valence-corrected chi connectivity index (χ4v) is 2.18. The Balaban J connectivity index is 2.03. The Kier molecular flexibility index (Phi) is 3.62. The molecule has 0 radical (unpaired) electrons. The van der Waals surface area contributed by atoms with Gasteiger partial charge >= 0.3 is 0 Å². The van der Waals surface area contributed by atoms with Gasteiger partial charge in [0.15, 0.2) is 0 Å². The lowest BCUT2D eigenvalue weighted by molar-refractivity contribution is 0.00491. The molecule has 2 heteroatoms. The van der Waals surface area contributed by atoms with Gasteiger partial charge in [-0.2, -0.15) is 0 Å². The average Bonchev–Trinajstić information content (AvgIpc) is 2.72. The molecule has 2 rings (SSSR count). The molecular weight excluding hydrogens is 200 g/mol. The van der Waals surface area contributed by atoms with Gasteiger partial charge in [0, 0.05) is 0 Å². The van der Waals surface area contributed by atoms with Gasteiger partial charge in [-0.3, -0.25) is 0 Å². The van der Waals surface area contributed by atoms with Crippen LogP contribution in [0.25, 0.3) is 0 Å². The molecule has 2 nitrogen and oxygen atoms in total. The maximum Gasteiger partial charge on any atom is 0.102 e. The van der Waals surface area contributed by atoms with Crippen LogP contribution >= 0.6 is 0 Å². The molecule has 0 saturated heterocycles. The molecule has 1 aromatic carbocycles. The predicted octanol–water partition coefficient (Wildman–Crippen LogP) is 2.63. The summed E-state index contributed by atoms with van der Waals surface area (Å²) in [4.78, 5) is 0. The van der Waals surface area contributed by atoms with Gasteiger partial charge in [0.05, 0.1) is 12.7 Å². The molecular formula is C14H20O2. The lowest BCUT2D eigenvalue weighted by atomic mass is 10.0. The molecule has 1 aromatic rings. The number of fused-ring (bicyclic) bond motifs is 1.